The molecule has 2 aliphatic rings. The summed E-state index contributed by atoms with van der Waals surface area (Å²) in [4.78, 5) is 4.35. The third-order valence-corrected chi connectivity index (χ3v) is 1.88. The molecule has 0 aliphatic carbocycles. The van der Waals surface area contributed by atoms with Crippen LogP contribution in [0.2, 0.25) is 0 Å². The Hall–Kier alpha value is -1.23. The summed E-state index contributed by atoms with van der Waals surface area (Å²) in [5.74, 6) is 4.02. The van der Waals surface area contributed by atoms with Gasteiger partial charge < -0.3 is 0 Å². The number of dihydropyridines is 1. The van der Waals surface area contributed by atoms with E-state index in [1.807, 2.05) is 0 Å². The minimum atomic E-state index is 0.910. The molecule has 0 fully saturated rings. The minimum Gasteiger partial charge on any atom is -0.299 e. The second-order valence-corrected chi connectivity index (χ2v) is 2.68. The Morgan fingerprint density at radius 1 is 1.55 bits per heavy atom. The molecule has 56 valence electrons. The molecule has 0 radical (unpaired) electrons. The Kier molecular flexibility index (Phi) is 1.64. The third kappa shape index (κ3) is 1.27. The minimum absolute atomic E-state index is 0.910. The van der Waals surface area contributed by atoms with Gasteiger partial charge in [0.25, 0.3) is 0 Å². The number of amidine groups is 1. The molecule has 11 heavy (non-hydrogen) atoms. The van der Waals surface area contributed by atoms with Crippen LogP contribution < -0.4 is 5.32 Å². The number of hydrogen-bond acceptors (Lipinski definition) is 2. The summed E-state index contributed by atoms with van der Waals surface area (Å²) in [6.07, 6.45) is 5.35. The molecule has 0 saturated carbocycles. The second kappa shape index (κ2) is 2.79. The third-order valence-electron chi connectivity index (χ3n) is 1.88. The molecule has 0 saturated heterocycles. The van der Waals surface area contributed by atoms with Gasteiger partial charge in [0.15, 0.2) is 0 Å². The van der Waals surface area contributed by atoms with Gasteiger partial charge in [0.1, 0.15) is 5.84 Å². The molecule has 2 aliphatic heterocycles. The fourth-order valence-electron chi connectivity index (χ4n) is 1.32. The van der Waals surface area contributed by atoms with Gasteiger partial charge in [-0.3, -0.25) is 10.3 Å². The fourth-order valence-corrected chi connectivity index (χ4v) is 1.32. The Bertz CT molecular complexity index is 276. The van der Waals surface area contributed by atoms with Crippen molar-refractivity contribution in [3.05, 3.63) is 11.6 Å². The van der Waals surface area contributed by atoms with Crippen molar-refractivity contribution in [3.8, 4) is 12.0 Å². The summed E-state index contributed by atoms with van der Waals surface area (Å²) >= 11 is 0. The number of rotatable bonds is 0. The van der Waals surface area contributed by atoms with E-state index in [0.717, 1.165) is 31.6 Å². The van der Waals surface area contributed by atoms with E-state index in [1.165, 1.54) is 5.57 Å². The van der Waals surface area contributed by atoms with Crippen molar-refractivity contribution < 1.29 is 0 Å². The van der Waals surface area contributed by atoms with Gasteiger partial charge in [0, 0.05) is 19.0 Å². The van der Waals surface area contributed by atoms with E-state index in [1.54, 1.807) is 0 Å². The van der Waals surface area contributed by atoms with Gasteiger partial charge in [-0.15, -0.1) is 0 Å². The molecule has 0 spiro atoms. The summed E-state index contributed by atoms with van der Waals surface area (Å²) in [7, 11) is 0. The molecule has 0 unspecified atom stereocenters. The highest BCUT2D eigenvalue weighted by Crippen LogP contribution is 2.12. The van der Waals surface area contributed by atoms with Crippen LogP contribution in [0.15, 0.2) is 16.6 Å². The lowest BCUT2D eigenvalue weighted by atomic mass is 10.1. The topological polar surface area (TPSA) is 24.4 Å². The van der Waals surface area contributed by atoms with E-state index >= 15 is 0 Å². The van der Waals surface area contributed by atoms with E-state index in [4.69, 9.17) is 0 Å². The van der Waals surface area contributed by atoms with Crippen LogP contribution in [0.3, 0.4) is 0 Å². The maximum atomic E-state index is 4.35. The number of aliphatic imine (C=N–C) groups is 1. The molecule has 0 aromatic carbocycles. The van der Waals surface area contributed by atoms with Crippen LogP contribution in [0.4, 0.5) is 0 Å². The summed E-state index contributed by atoms with van der Waals surface area (Å²) in [5.41, 5.74) is 1.33. The first-order chi connectivity index (χ1) is 5.47. The maximum absolute atomic E-state index is 4.35. The number of nitrogens with one attached hydrogen (secondary N) is 1. The monoisotopic (exact) mass is 146 g/mol. The van der Waals surface area contributed by atoms with Crippen LogP contribution >= 0.6 is 0 Å². The number of nitrogens with zero attached hydrogens (tertiary/aromatic N) is 1. The quantitative estimate of drug-likeness (QED) is 0.508. The van der Waals surface area contributed by atoms with E-state index in [-0.39, 0.29) is 0 Å². The van der Waals surface area contributed by atoms with Crippen molar-refractivity contribution in [2.45, 2.75) is 19.3 Å². The van der Waals surface area contributed by atoms with Gasteiger partial charge in [-0.1, -0.05) is 12.0 Å². The average Bonchev–Trinajstić information content (AvgIpc) is 2.28. The van der Waals surface area contributed by atoms with Crippen molar-refractivity contribution in [3.63, 3.8) is 0 Å². The van der Waals surface area contributed by atoms with Gasteiger partial charge in [-0.05, 0) is 18.4 Å². The van der Waals surface area contributed by atoms with Crippen LogP contribution in [-0.2, 0) is 0 Å². The highest BCUT2D eigenvalue weighted by molar-refractivity contribution is 6.00. The average molecular weight is 146 g/mol. The molecule has 2 heteroatoms. The molecule has 0 atom stereocenters. The van der Waals surface area contributed by atoms with E-state index in [9.17, 15) is 0 Å². The Labute approximate surface area is 66.4 Å². The molecule has 0 amide bonds. The lowest BCUT2D eigenvalue weighted by Gasteiger charge is -2.10. The van der Waals surface area contributed by atoms with E-state index < -0.39 is 0 Å². The first-order valence-corrected chi connectivity index (χ1v) is 3.94. The molecule has 2 rings (SSSR count). The number of fused-ring (bicyclic) bond motifs is 1. The van der Waals surface area contributed by atoms with Crippen LogP contribution in [0.25, 0.3) is 0 Å². The first kappa shape index (κ1) is 6.48. The first-order valence-electron chi connectivity index (χ1n) is 3.94. The van der Waals surface area contributed by atoms with E-state index in [2.05, 4.69) is 28.4 Å². The smallest absolute Gasteiger partial charge is 0.135 e. The fraction of sp³-hybridized carbons (Fsp3) is 0.444. The predicted molar refractivity (Wildman–Crippen MR) is 45.1 cm³/mol. The summed E-state index contributed by atoms with van der Waals surface area (Å²) in [6.45, 7) is 0.910. The molecular weight excluding hydrogens is 136 g/mol. The summed E-state index contributed by atoms with van der Waals surface area (Å²) in [5, 5.41) is 3.00. The largest absolute Gasteiger partial charge is 0.299 e. The lowest BCUT2D eigenvalue weighted by Crippen LogP contribution is -2.21. The van der Waals surface area contributed by atoms with Crippen LogP contribution in [0, 0.1) is 12.0 Å². The molecule has 1 N–H and O–H groups in total. The molecular formula is C9H10N2. The van der Waals surface area contributed by atoms with Gasteiger partial charge in [0.05, 0.1) is 0 Å². The summed E-state index contributed by atoms with van der Waals surface area (Å²) < 4.78 is 0. The van der Waals surface area contributed by atoms with Crippen molar-refractivity contribution >= 4 is 5.84 Å². The van der Waals surface area contributed by atoms with Crippen LogP contribution in [0.5, 0.6) is 0 Å². The number of hydrogen-bond donors (Lipinski definition) is 1. The molecule has 0 aromatic rings. The Morgan fingerprint density at radius 2 is 2.55 bits per heavy atom. The SMILES string of the molecule is C1#CNC2=NCCC=C2CC1. The standard InChI is InChI=1S/C9H10N2/c1-2-6-10-9-8(4-1)5-3-7-11-9/h5H,1,3-4,7H2,(H,10,11). The Balaban J connectivity index is 2.25. The second-order valence-electron chi connectivity index (χ2n) is 2.68. The van der Waals surface area contributed by atoms with Crippen LogP contribution in [0.1, 0.15) is 19.3 Å². The van der Waals surface area contributed by atoms with Gasteiger partial charge in [0.2, 0.25) is 0 Å². The van der Waals surface area contributed by atoms with Crippen molar-refractivity contribution in [1.82, 2.24) is 5.32 Å². The van der Waals surface area contributed by atoms with Crippen molar-refractivity contribution in [2.75, 3.05) is 6.54 Å². The highest BCUT2D eigenvalue weighted by atomic mass is 15.0. The van der Waals surface area contributed by atoms with E-state index in [0.29, 0.717) is 0 Å². The van der Waals surface area contributed by atoms with Gasteiger partial charge >= 0.3 is 0 Å². The normalized spacial score (nSPS) is 21.1. The highest BCUT2D eigenvalue weighted by Gasteiger charge is 2.09. The molecule has 2 heterocycles. The zero-order valence-electron chi connectivity index (χ0n) is 6.35. The lowest BCUT2D eigenvalue weighted by molar-refractivity contribution is 0.930. The Morgan fingerprint density at radius 3 is 3.55 bits per heavy atom. The molecule has 2 nitrogen and oxygen atoms in total. The molecule has 0 aromatic heterocycles. The summed E-state index contributed by atoms with van der Waals surface area (Å²) in [6, 6.07) is 2.87. The van der Waals surface area contributed by atoms with Gasteiger partial charge in [-0.2, -0.15) is 0 Å². The molecule has 0 bridgehead atoms. The zero-order chi connectivity index (χ0) is 7.52. The predicted octanol–water partition coefficient (Wildman–Crippen LogP) is 1.06. The van der Waals surface area contributed by atoms with Gasteiger partial charge in [-0.25, -0.2) is 0 Å². The maximum Gasteiger partial charge on any atom is 0.135 e. The van der Waals surface area contributed by atoms with Crippen molar-refractivity contribution in [1.29, 1.82) is 0 Å². The van der Waals surface area contributed by atoms with Crippen molar-refractivity contribution in [2.24, 2.45) is 4.99 Å². The van der Waals surface area contributed by atoms with Crippen LogP contribution in [-0.4, -0.2) is 12.4 Å². The zero-order valence-corrected chi connectivity index (χ0v) is 6.35.